The summed E-state index contributed by atoms with van der Waals surface area (Å²) in [4.78, 5) is 0. The Bertz CT molecular complexity index is 246. The summed E-state index contributed by atoms with van der Waals surface area (Å²) in [6, 6.07) is 7.34. The molecule has 13 heavy (non-hydrogen) atoms. The zero-order valence-electron chi connectivity index (χ0n) is 7.73. The summed E-state index contributed by atoms with van der Waals surface area (Å²) in [5.41, 5.74) is 1.68. The minimum atomic E-state index is -0.231. The molecule has 0 fully saturated rings. The first kappa shape index (κ1) is 10.3. The third-order valence-electron chi connectivity index (χ3n) is 1.84. The van der Waals surface area contributed by atoms with Crippen molar-refractivity contribution in [3.8, 4) is 0 Å². The molecule has 0 aliphatic carbocycles. The van der Waals surface area contributed by atoms with Gasteiger partial charge in [-0.25, -0.2) is 0 Å². The second-order valence-electron chi connectivity index (χ2n) is 2.79. The fraction of sp³-hybridized carbons (Fsp3) is 0.400. The number of aliphatic hydroxyl groups is 1. The van der Waals surface area contributed by atoms with Crippen molar-refractivity contribution in [2.24, 2.45) is 0 Å². The molecule has 1 N–H and O–H groups in total. The molecule has 0 spiro atoms. The van der Waals surface area contributed by atoms with E-state index in [1.165, 1.54) is 0 Å². The number of rotatable bonds is 4. The van der Waals surface area contributed by atoms with Crippen LogP contribution < -0.4 is 5.46 Å². The first-order valence-corrected chi connectivity index (χ1v) is 4.35. The van der Waals surface area contributed by atoms with E-state index in [0.29, 0.717) is 6.61 Å². The Hall–Kier alpha value is -0.795. The van der Waals surface area contributed by atoms with Gasteiger partial charge < -0.3 is 9.84 Å². The van der Waals surface area contributed by atoms with E-state index in [-0.39, 0.29) is 12.7 Å². The van der Waals surface area contributed by atoms with E-state index in [1.807, 2.05) is 19.1 Å². The van der Waals surface area contributed by atoms with Gasteiger partial charge in [-0.05, 0) is 12.5 Å². The van der Waals surface area contributed by atoms with Crippen molar-refractivity contribution < 1.29 is 9.84 Å². The van der Waals surface area contributed by atoms with E-state index >= 15 is 0 Å². The minimum Gasteiger partial charge on any atom is -0.393 e. The van der Waals surface area contributed by atoms with Crippen LogP contribution in [0, 0.1) is 0 Å². The molecule has 0 aliphatic heterocycles. The van der Waals surface area contributed by atoms with E-state index in [1.54, 1.807) is 12.1 Å². The van der Waals surface area contributed by atoms with Gasteiger partial charge in [-0.1, -0.05) is 29.7 Å². The Kier molecular flexibility index (Phi) is 3.99. The maximum atomic E-state index is 9.02. The zero-order valence-corrected chi connectivity index (χ0v) is 7.73. The van der Waals surface area contributed by atoms with Gasteiger partial charge in [-0.2, -0.15) is 0 Å². The lowest BCUT2D eigenvalue weighted by Crippen LogP contribution is -2.10. The molecule has 68 valence electrons. The van der Waals surface area contributed by atoms with Crippen LogP contribution in [0.2, 0.25) is 0 Å². The topological polar surface area (TPSA) is 29.5 Å². The van der Waals surface area contributed by atoms with Crippen molar-refractivity contribution in [1.82, 2.24) is 0 Å². The van der Waals surface area contributed by atoms with Gasteiger partial charge in [-0.3, -0.25) is 0 Å². The summed E-state index contributed by atoms with van der Waals surface area (Å²) in [5.74, 6) is 0. The van der Waals surface area contributed by atoms with Crippen LogP contribution in [0.15, 0.2) is 24.3 Å². The smallest absolute Gasteiger partial charge is 0.113 e. The van der Waals surface area contributed by atoms with Crippen LogP contribution in [0.1, 0.15) is 18.6 Å². The molecule has 0 aliphatic rings. The van der Waals surface area contributed by atoms with E-state index < -0.39 is 0 Å². The van der Waals surface area contributed by atoms with Crippen molar-refractivity contribution in [2.75, 3.05) is 13.2 Å². The van der Waals surface area contributed by atoms with Gasteiger partial charge >= 0.3 is 0 Å². The molecule has 1 atom stereocenters. The molecule has 1 aromatic rings. The first-order valence-electron chi connectivity index (χ1n) is 4.35. The van der Waals surface area contributed by atoms with Crippen molar-refractivity contribution >= 4 is 13.3 Å². The maximum Gasteiger partial charge on any atom is 0.113 e. The Balaban J connectivity index is 2.73. The molecule has 3 heteroatoms. The number of ether oxygens (including phenoxy) is 1. The Labute approximate surface area is 80.0 Å². The highest BCUT2D eigenvalue weighted by Gasteiger charge is 2.08. The Morgan fingerprint density at radius 2 is 2.00 bits per heavy atom. The van der Waals surface area contributed by atoms with E-state index in [2.05, 4.69) is 0 Å². The predicted octanol–water partition coefficient (Wildman–Crippen LogP) is 0.550. The SMILES string of the molecule is [B]c1ccc([C@H](CO)OCC)cc1. The predicted molar refractivity (Wildman–Crippen MR) is 53.3 cm³/mol. The molecule has 0 saturated carbocycles. The zero-order chi connectivity index (χ0) is 9.68. The normalized spacial score (nSPS) is 12.8. The monoisotopic (exact) mass is 176 g/mol. The molecular weight excluding hydrogens is 163 g/mol. The van der Waals surface area contributed by atoms with Crippen molar-refractivity contribution in [2.45, 2.75) is 13.0 Å². The molecule has 1 aromatic carbocycles. The third-order valence-corrected chi connectivity index (χ3v) is 1.84. The summed E-state index contributed by atoms with van der Waals surface area (Å²) < 4.78 is 5.33. The lowest BCUT2D eigenvalue weighted by molar-refractivity contribution is 0.0190. The molecule has 2 nitrogen and oxygen atoms in total. The Morgan fingerprint density at radius 3 is 2.46 bits per heavy atom. The summed E-state index contributed by atoms with van der Waals surface area (Å²) in [7, 11) is 5.54. The highest BCUT2D eigenvalue weighted by molar-refractivity contribution is 6.32. The summed E-state index contributed by atoms with van der Waals surface area (Å²) >= 11 is 0. The lowest BCUT2D eigenvalue weighted by Gasteiger charge is -2.14. The molecule has 0 saturated heterocycles. The van der Waals surface area contributed by atoms with Gasteiger partial charge in [0.1, 0.15) is 14.0 Å². The van der Waals surface area contributed by atoms with E-state index in [4.69, 9.17) is 17.7 Å². The van der Waals surface area contributed by atoms with E-state index in [0.717, 1.165) is 11.0 Å². The summed E-state index contributed by atoms with van der Waals surface area (Å²) in [6.07, 6.45) is -0.231. The highest BCUT2D eigenvalue weighted by Crippen LogP contribution is 2.14. The molecular formula is C10H13BO2. The third kappa shape index (κ3) is 2.86. The number of hydrogen-bond donors (Lipinski definition) is 1. The minimum absolute atomic E-state index is 0.00222. The van der Waals surface area contributed by atoms with Gasteiger partial charge in [0, 0.05) is 6.61 Å². The maximum absolute atomic E-state index is 9.02. The molecule has 0 unspecified atom stereocenters. The van der Waals surface area contributed by atoms with E-state index in [9.17, 15) is 0 Å². The van der Waals surface area contributed by atoms with Crippen LogP contribution in [0.3, 0.4) is 0 Å². The van der Waals surface area contributed by atoms with Crippen molar-refractivity contribution in [3.63, 3.8) is 0 Å². The number of aliphatic hydroxyl groups excluding tert-OH is 1. The Morgan fingerprint density at radius 1 is 1.38 bits per heavy atom. The first-order chi connectivity index (χ1) is 6.27. The fourth-order valence-corrected chi connectivity index (χ4v) is 1.17. The number of hydrogen-bond acceptors (Lipinski definition) is 2. The molecule has 0 amide bonds. The standard InChI is InChI=1S/C10H13BO2/c1-2-13-10(7-12)8-3-5-9(11)6-4-8/h3-6,10,12H,2,7H2,1H3/t10-/m0/s1. The number of benzene rings is 1. The quantitative estimate of drug-likeness (QED) is 0.678. The summed E-state index contributed by atoms with van der Waals surface area (Å²) in [5, 5.41) is 9.02. The van der Waals surface area contributed by atoms with Gasteiger partial charge in [0.05, 0.1) is 6.61 Å². The van der Waals surface area contributed by atoms with Gasteiger partial charge in [0.15, 0.2) is 0 Å². The van der Waals surface area contributed by atoms with Crippen molar-refractivity contribution in [1.29, 1.82) is 0 Å². The summed E-state index contributed by atoms with van der Waals surface area (Å²) in [6.45, 7) is 2.49. The molecule has 2 radical (unpaired) electrons. The highest BCUT2D eigenvalue weighted by atomic mass is 16.5. The largest absolute Gasteiger partial charge is 0.393 e. The van der Waals surface area contributed by atoms with Crippen LogP contribution in [0.4, 0.5) is 0 Å². The second kappa shape index (κ2) is 5.05. The van der Waals surface area contributed by atoms with Crippen LogP contribution >= 0.6 is 0 Å². The van der Waals surface area contributed by atoms with Gasteiger partial charge in [-0.15, -0.1) is 0 Å². The molecule has 0 bridgehead atoms. The molecule has 0 heterocycles. The molecule has 0 aromatic heterocycles. The molecule has 1 rings (SSSR count). The van der Waals surface area contributed by atoms with Gasteiger partial charge in [0.25, 0.3) is 0 Å². The van der Waals surface area contributed by atoms with Crippen LogP contribution in [0.25, 0.3) is 0 Å². The fourth-order valence-electron chi connectivity index (χ4n) is 1.17. The van der Waals surface area contributed by atoms with Crippen LogP contribution in [-0.4, -0.2) is 26.2 Å². The second-order valence-corrected chi connectivity index (χ2v) is 2.79. The van der Waals surface area contributed by atoms with Crippen LogP contribution in [0.5, 0.6) is 0 Å². The van der Waals surface area contributed by atoms with Crippen molar-refractivity contribution in [3.05, 3.63) is 29.8 Å². The van der Waals surface area contributed by atoms with Gasteiger partial charge in [0.2, 0.25) is 0 Å². The van der Waals surface area contributed by atoms with Crippen LogP contribution in [-0.2, 0) is 4.74 Å². The lowest BCUT2D eigenvalue weighted by atomic mass is 9.94. The average Bonchev–Trinajstić information content (AvgIpc) is 2.16. The average molecular weight is 176 g/mol.